The van der Waals surface area contributed by atoms with Crippen LogP contribution in [0.2, 0.25) is 0 Å². The number of nitrogens with zero attached hydrogens (tertiary/aromatic N) is 6. The molecule has 3 N–H and O–H groups in total. The van der Waals surface area contributed by atoms with E-state index in [0.717, 1.165) is 23.2 Å². The van der Waals surface area contributed by atoms with E-state index in [-0.39, 0.29) is 23.2 Å². The van der Waals surface area contributed by atoms with Gasteiger partial charge in [0.05, 0.1) is 23.7 Å². The SMILES string of the molecule is CN(C)CC#Cc1ccc2nc(-c3cccnc3N)n(-c3ccc4c(c3)CC[C@@H]4NC(=O)c3ccc(C(F)F)nc3)c2n1. The number of rotatable bonds is 6. The summed E-state index contributed by atoms with van der Waals surface area (Å²) in [5.74, 6) is 6.85. The molecule has 0 bridgehead atoms. The molecule has 0 saturated carbocycles. The molecule has 1 aliphatic carbocycles. The number of nitrogen functional groups attached to an aromatic ring is 1. The molecule has 0 saturated heterocycles. The quantitative estimate of drug-likeness (QED) is 0.280. The molecule has 6 rings (SSSR count). The molecule has 216 valence electrons. The van der Waals surface area contributed by atoms with Crippen LogP contribution in [0, 0.1) is 11.8 Å². The van der Waals surface area contributed by atoms with Gasteiger partial charge in [0.15, 0.2) is 11.5 Å². The molecule has 5 aromatic rings. The van der Waals surface area contributed by atoms with E-state index in [1.807, 2.05) is 60.0 Å². The Kier molecular flexibility index (Phi) is 7.52. The molecule has 0 radical (unpaired) electrons. The first kappa shape index (κ1) is 27.9. The number of aromatic nitrogens is 5. The summed E-state index contributed by atoms with van der Waals surface area (Å²) in [7, 11) is 3.91. The first-order valence-electron chi connectivity index (χ1n) is 13.7. The number of halogens is 2. The molecule has 0 unspecified atom stereocenters. The van der Waals surface area contributed by atoms with Crippen molar-refractivity contribution in [3.8, 4) is 28.9 Å². The standard InChI is InChI=1S/C32H28F2N8O/c1-41(2)16-4-5-21-9-14-27-31(38-21)42(30(39-27)24-6-3-15-36-29(24)35)22-10-11-23-19(17-22)7-12-25(23)40-32(43)20-8-13-26(28(33)34)37-18-20/h3,6,8-11,13-15,17-18,25,28H,7,12,16H2,1-2H3,(H2,35,36)(H,40,43)/t25-/m0/s1. The second-order valence-electron chi connectivity index (χ2n) is 10.5. The third-order valence-electron chi connectivity index (χ3n) is 7.24. The number of amides is 1. The van der Waals surface area contributed by atoms with Crippen molar-refractivity contribution in [3.63, 3.8) is 0 Å². The van der Waals surface area contributed by atoms with E-state index in [4.69, 9.17) is 15.7 Å². The second-order valence-corrected chi connectivity index (χ2v) is 10.5. The summed E-state index contributed by atoms with van der Waals surface area (Å²) in [5, 5.41) is 3.02. The zero-order chi connectivity index (χ0) is 30.1. The number of pyridine rings is 3. The van der Waals surface area contributed by atoms with Gasteiger partial charge in [-0.15, -0.1) is 0 Å². The number of benzene rings is 1. The van der Waals surface area contributed by atoms with Crippen LogP contribution in [-0.2, 0) is 6.42 Å². The Morgan fingerprint density at radius 1 is 1.14 bits per heavy atom. The highest BCUT2D eigenvalue weighted by Crippen LogP contribution is 2.36. The van der Waals surface area contributed by atoms with Crippen molar-refractivity contribution in [2.24, 2.45) is 0 Å². The number of fused-ring (bicyclic) bond motifs is 2. The number of nitrogens with two attached hydrogens (primary N) is 1. The highest BCUT2D eigenvalue weighted by molar-refractivity contribution is 5.94. The van der Waals surface area contributed by atoms with Crippen molar-refractivity contribution < 1.29 is 13.6 Å². The summed E-state index contributed by atoms with van der Waals surface area (Å²) >= 11 is 0. The van der Waals surface area contributed by atoms with Gasteiger partial charge in [-0.25, -0.2) is 23.7 Å². The minimum atomic E-state index is -2.69. The van der Waals surface area contributed by atoms with E-state index in [1.165, 1.54) is 18.3 Å². The van der Waals surface area contributed by atoms with Crippen LogP contribution in [0.4, 0.5) is 14.6 Å². The van der Waals surface area contributed by atoms with Crippen LogP contribution in [0.3, 0.4) is 0 Å². The highest BCUT2D eigenvalue weighted by Gasteiger charge is 2.26. The number of hydrogen-bond donors (Lipinski definition) is 2. The Labute approximate surface area is 246 Å². The molecule has 4 heterocycles. The average Bonchev–Trinajstić information content (AvgIpc) is 3.57. The second kappa shape index (κ2) is 11.6. The van der Waals surface area contributed by atoms with Crippen LogP contribution < -0.4 is 11.1 Å². The molecule has 1 aromatic carbocycles. The molecule has 0 aliphatic heterocycles. The van der Waals surface area contributed by atoms with Gasteiger partial charge in [0.25, 0.3) is 12.3 Å². The third kappa shape index (κ3) is 5.65. The smallest absolute Gasteiger partial charge is 0.280 e. The van der Waals surface area contributed by atoms with Crippen LogP contribution >= 0.6 is 0 Å². The Bertz CT molecular complexity index is 1890. The first-order chi connectivity index (χ1) is 20.8. The summed E-state index contributed by atoms with van der Waals surface area (Å²) in [4.78, 5) is 32.6. The van der Waals surface area contributed by atoms with Gasteiger partial charge in [0.1, 0.15) is 22.7 Å². The molecule has 1 atom stereocenters. The largest absolute Gasteiger partial charge is 0.383 e. The van der Waals surface area contributed by atoms with Crippen LogP contribution in [0.1, 0.15) is 51.8 Å². The number of imidazole rings is 1. The molecule has 9 nitrogen and oxygen atoms in total. The molecule has 0 spiro atoms. The average molecular weight is 579 g/mol. The third-order valence-corrected chi connectivity index (χ3v) is 7.24. The lowest BCUT2D eigenvalue weighted by molar-refractivity contribution is 0.0935. The van der Waals surface area contributed by atoms with Crippen molar-refractivity contribution in [1.82, 2.24) is 34.7 Å². The molecular weight excluding hydrogens is 550 g/mol. The number of hydrogen-bond acceptors (Lipinski definition) is 7. The van der Waals surface area contributed by atoms with Gasteiger partial charge in [0, 0.05) is 18.1 Å². The molecule has 43 heavy (non-hydrogen) atoms. The molecule has 1 aliphatic rings. The monoisotopic (exact) mass is 578 g/mol. The number of nitrogens with one attached hydrogen (secondary N) is 1. The van der Waals surface area contributed by atoms with Gasteiger partial charge in [-0.1, -0.05) is 12.0 Å². The van der Waals surface area contributed by atoms with E-state index in [9.17, 15) is 13.6 Å². The van der Waals surface area contributed by atoms with Gasteiger partial charge in [-0.3, -0.25) is 19.2 Å². The van der Waals surface area contributed by atoms with Gasteiger partial charge < -0.3 is 11.1 Å². The van der Waals surface area contributed by atoms with Crippen molar-refractivity contribution in [2.75, 3.05) is 26.4 Å². The van der Waals surface area contributed by atoms with E-state index in [0.29, 0.717) is 47.0 Å². The van der Waals surface area contributed by atoms with Crippen molar-refractivity contribution in [3.05, 3.63) is 95.1 Å². The van der Waals surface area contributed by atoms with Crippen LogP contribution in [-0.4, -0.2) is 56.0 Å². The lowest BCUT2D eigenvalue weighted by Gasteiger charge is -2.16. The van der Waals surface area contributed by atoms with Gasteiger partial charge >= 0.3 is 0 Å². The van der Waals surface area contributed by atoms with Crippen LogP contribution in [0.5, 0.6) is 0 Å². The van der Waals surface area contributed by atoms with Crippen LogP contribution in [0.15, 0.2) is 67.0 Å². The maximum Gasteiger partial charge on any atom is 0.280 e. The minimum absolute atomic E-state index is 0.226. The van der Waals surface area contributed by atoms with Crippen molar-refractivity contribution in [1.29, 1.82) is 0 Å². The van der Waals surface area contributed by atoms with Gasteiger partial charge in [-0.2, -0.15) is 0 Å². The Hall–Kier alpha value is -5.21. The Morgan fingerprint density at radius 2 is 2.00 bits per heavy atom. The lowest BCUT2D eigenvalue weighted by atomic mass is 10.1. The molecule has 0 fully saturated rings. The molecular formula is C32H28F2N8O. The molecule has 11 heteroatoms. The Balaban J connectivity index is 1.36. The summed E-state index contributed by atoms with van der Waals surface area (Å²) in [5.41, 5.74) is 11.7. The predicted octanol–water partition coefficient (Wildman–Crippen LogP) is 4.73. The summed E-state index contributed by atoms with van der Waals surface area (Å²) in [6.07, 6.45) is 1.56. The normalized spacial score (nSPS) is 14.1. The number of anilines is 1. The highest BCUT2D eigenvalue weighted by atomic mass is 19.3. The molecule has 4 aromatic heterocycles. The van der Waals surface area contributed by atoms with E-state index in [2.05, 4.69) is 33.2 Å². The summed E-state index contributed by atoms with van der Waals surface area (Å²) in [6.45, 7) is 0.608. The topological polar surface area (TPSA) is 115 Å². The van der Waals surface area contributed by atoms with E-state index >= 15 is 0 Å². The minimum Gasteiger partial charge on any atom is -0.383 e. The predicted molar refractivity (Wildman–Crippen MR) is 160 cm³/mol. The number of carbonyl (C=O) groups is 1. The fourth-order valence-corrected chi connectivity index (χ4v) is 5.15. The maximum atomic E-state index is 12.9. The fourth-order valence-electron chi connectivity index (χ4n) is 5.15. The maximum absolute atomic E-state index is 12.9. The van der Waals surface area contributed by atoms with Gasteiger partial charge in [-0.05, 0) is 92.5 Å². The fraction of sp³-hybridized carbons (Fsp3) is 0.219. The van der Waals surface area contributed by atoms with Crippen LogP contribution in [0.25, 0.3) is 28.2 Å². The summed E-state index contributed by atoms with van der Waals surface area (Å²) in [6, 6.07) is 15.8. The number of carbonyl (C=O) groups excluding carboxylic acids is 1. The van der Waals surface area contributed by atoms with Gasteiger partial charge in [0.2, 0.25) is 0 Å². The lowest BCUT2D eigenvalue weighted by Crippen LogP contribution is -2.27. The molecule has 1 amide bonds. The zero-order valence-corrected chi connectivity index (χ0v) is 23.6. The number of alkyl halides is 2. The Morgan fingerprint density at radius 3 is 2.74 bits per heavy atom. The van der Waals surface area contributed by atoms with E-state index in [1.54, 1.807) is 6.20 Å². The number of aryl methyl sites for hydroxylation is 1. The van der Waals surface area contributed by atoms with Crippen molar-refractivity contribution >= 4 is 22.9 Å². The summed E-state index contributed by atoms with van der Waals surface area (Å²) < 4.78 is 27.7. The van der Waals surface area contributed by atoms with Crippen molar-refractivity contribution in [2.45, 2.75) is 25.3 Å². The van der Waals surface area contributed by atoms with E-state index < -0.39 is 6.43 Å². The zero-order valence-electron chi connectivity index (χ0n) is 23.6. The first-order valence-corrected chi connectivity index (χ1v) is 13.7.